The Hall–Kier alpha value is -2.32. The fourth-order valence-corrected chi connectivity index (χ4v) is 2.74. The second kappa shape index (κ2) is 6.43. The highest BCUT2D eigenvalue weighted by Crippen LogP contribution is 2.28. The molecule has 0 radical (unpaired) electrons. The zero-order valence-electron chi connectivity index (χ0n) is 12.6. The smallest absolute Gasteiger partial charge is 0.248 e. The van der Waals surface area contributed by atoms with Crippen LogP contribution >= 0.6 is 12.4 Å². The highest BCUT2D eigenvalue weighted by molar-refractivity contribution is 5.85. The van der Waals surface area contributed by atoms with Crippen LogP contribution in [0, 0.1) is 6.92 Å². The van der Waals surface area contributed by atoms with Crippen molar-refractivity contribution in [2.75, 3.05) is 6.54 Å². The molecular formula is C14H16ClN7O. The molecule has 0 spiro atoms. The molecule has 1 aliphatic heterocycles. The van der Waals surface area contributed by atoms with Crippen LogP contribution in [-0.2, 0) is 19.5 Å². The van der Waals surface area contributed by atoms with Gasteiger partial charge in [-0.1, -0.05) is 5.16 Å². The minimum absolute atomic E-state index is 0. The third-order valence-corrected chi connectivity index (χ3v) is 3.79. The molecule has 0 fully saturated rings. The summed E-state index contributed by atoms with van der Waals surface area (Å²) in [7, 11) is 0. The molecule has 4 heterocycles. The summed E-state index contributed by atoms with van der Waals surface area (Å²) in [6, 6.07) is 0. The molecule has 0 saturated heterocycles. The number of nitrogens with zero attached hydrogens (tertiary/aromatic N) is 6. The van der Waals surface area contributed by atoms with Crippen molar-refractivity contribution in [1.29, 1.82) is 0 Å². The Bertz CT molecular complexity index is 800. The molecule has 0 atom stereocenters. The first-order valence-electron chi connectivity index (χ1n) is 7.14. The van der Waals surface area contributed by atoms with Crippen LogP contribution in [0.3, 0.4) is 0 Å². The predicted molar refractivity (Wildman–Crippen MR) is 84.0 cm³/mol. The number of aromatic nitrogens is 6. The number of halogens is 1. The van der Waals surface area contributed by atoms with Crippen LogP contribution in [0.1, 0.15) is 22.7 Å². The van der Waals surface area contributed by atoms with Crippen molar-refractivity contribution in [1.82, 2.24) is 35.2 Å². The number of hydrogen-bond donors (Lipinski definition) is 1. The fraction of sp³-hybridized carbons (Fsp3) is 0.357. The molecule has 0 amide bonds. The van der Waals surface area contributed by atoms with E-state index in [1.54, 1.807) is 11.0 Å². The van der Waals surface area contributed by atoms with Crippen LogP contribution in [-0.4, -0.2) is 36.4 Å². The summed E-state index contributed by atoms with van der Waals surface area (Å²) in [6.07, 6.45) is 5.97. The predicted octanol–water partition coefficient (Wildman–Crippen LogP) is 1.15. The first-order valence-corrected chi connectivity index (χ1v) is 7.14. The molecule has 1 N–H and O–H groups in total. The van der Waals surface area contributed by atoms with Crippen molar-refractivity contribution in [2.24, 2.45) is 0 Å². The molecule has 0 unspecified atom stereocenters. The Morgan fingerprint density at radius 2 is 2.30 bits per heavy atom. The topological polar surface area (TPSA) is 94.5 Å². The van der Waals surface area contributed by atoms with Gasteiger partial charge in [0.25, 0.3) is 0 Å². The Labute approximate surface area is 138 Å². The average Bonchev–Trinajstić information content (AvgIpc) is 3.20. The Balaban J connectivity index is 0.00000156. The van der Waals surface area contributed by atoms with Gasteiger partial charge in [-0.2, -0.15) is 10.1 Å². The third-order valence-electron chi connectivity index (χ3n) is 3.79. The van der Waals surface area contributed by atoms with Gasteiger partial charge in [-0.3, -0.25) is 4.98 Å². The molecule has 3 aromatic heterocycles. The molecule has 4 rings (SSSR count). The highest BCUT2D eigenvalue weighted by Gasteiger charge is 2.21. The largest absolute Gasteiger partial charge is 0.337 e. The van der Waals surface area contributed by atoms with Crippen LogP contribution in [0.15, 0.2) is 23.4 Å². The van der Waals surface area contributed by atoms with Crippen molar-refractivity contribution in [3.8, 4) is 11.4 Å². The molecule has 0 bridgehead atoms. The monoisotopic (exact) mass is 333 g/mol. The Kier molecular flexibility index (Phi) is 4.35. The number of hydrogen-bond acceptors (Lipinski definition) is 7. The summed E-state index contributed by atoms with van der Waals surface area (Å²) in [5, 5.41) is 11.5. The van der Waals surface area contributed by atoms with Gasteiger partial charge in [0.2, 0.25) is 11.7 Å². The van der Waals surface area contributed by atoms with Gasteiger partial charge >= 0.3 is 0 Å². The molecule has 8 nitrogen and oxygen atoms in total. The summed E-state index contributed by atoms with van der Waals surface area (Å²) in [4.78, 5) is 12.9. The van der Waals surface area contributed by atoms with Gasteiger partial charge in [0.05, 0.1) is 0 Å². The Morgan fingerprint density at radius 3 is 3.13 bits per heavy atom. The maximum absolute atomic E-state index is 5.35. The molecule has 0 aromatic carbocycles. The summed E-state index contributed by atoms with van der Waals surface area (Å²) >= 11 is 0. The standard InChI is InChI=1S/C14H15N7O.ClH/c1-9-13(11-2-3-15-4-10(11)5-17-9)14-19-12(22-20-14)6-21-8-16-7-18-21;/h5,7-8,15H,2-4,6H2,1H3;1H. The molecule has 120 valence electrons. The van der Waals surface area contributed by atoms with Gasteiger partial charge in [-0.25, -0.2) is 9.67 Å². The van der Waals surface area contributed by atoms with E-state index in [4.69, 9.17) is 4.52 Å². The lowest BCUT2D eigenvalue weighted by Gasteiger charge is -2.19. The van der Waals surface area contributed by atoms with Crippen molar-refractivity contribution in [3.63, 3.8) is 0 Å². The SMILES string of the molecule is Cc1ncc2c(c1-c1noc(Cn3cncn3)n1)CCNC2.Cl. The van der Waals surface area contributed by atoms with Crippen molar-refractivity contribution in [3.05, 3.63) is 41.6 Å². The van der Waals surface area contributed by atoms with Crippen LogP contribution in [0.25, 0.3) is 11.4 Å². The van der Waals surface area contributed by atoms with Crippen LogP contribution in [0.4, 0.5) is 0 Å². The average molecular weight is 334 g/mol. The lowest BCUT2D eigenvalue weighted by atomic mass is 9.95. The van der Waals surface area contributed by atoms with Crippen molar-refractivity contribution >= 4 is 12.4 Å². The zero-order chi connectivity index (χ0) is 14.9. The lowest BCUT2D eigenvalue weighted by molar-refractivity contribution is 0.366. The van der Waals surface area contributed by atoms with Gasteiger partial charge in [-0.05, 0) is 31.0 Å². The van der Waals surface area contributed by atoms with E-state index in [0.717, 1.165) is 30.8 Å². The summed E-state index contributed by atoms with van der Waals surface area (Å²) in [6.45, 7) is 4.17. The second-order valence-corrected chi connectivity index (χ2v) is 5.25. The number of rotatable bonds is 3. The molecule has 23 heavy (non-hydrogen) atoms. The van der Waals surface area contributed by atoms with Crippen LogP contribution in [0.2, 0.25) is 0 Å². The summed E-state index contributed by atoms with van der Waals surface area (Å²) in [5.41, 5.74) is 4.38. The first kappa shape index (κ1) is 15.6. The van der Waals surface area contributed by atoms with Crippen molar-refractivity contribution in [2.45, 2.75) is 26.4 Å². The van der Waals surface area contributed by atoms with Gasteiger partial charge < -0.3 is 9.84 Å². The van der Waals surface area contributed by atoms with E-state index in [0.29, 0.717) is 18.3 Å². The molecule has 0 saturated carbocycles. The minimum atomic E-state index is 0. The maximum Gasteiger partial charge on any atom is 0.248 e. The summed E-state index contributed by atoms with van der Waals surface area (Å²) < 4.78 is 6.99. The molecular weight excluding hydrogens is 318 g/mol. The van der Waals surface area contributed by atoms with E-state index in [1.807, 2.05) is 13.1 Å². The fourth-order valence-electron chi connectivity index (χ4n) is 2.74. The Morgan fingerprint density at radius 1 is 1.39 bits per heavy atom. The minimum Gasteiger partial charge on any atom is -0.337 e. The van der Waals surface area contributed by atoms with E-state index in [2.05, 4.69) is 30.5 Å². The lowest BCUT2D eigenvalue weighted by Crippen LogP contribution is -2.24. The van der Waals surface area contributed by atoms with Gasteiger partial charge in [0, 0.05) is 24.0 Å². The van der Waals surface area contributed by atoms with E-state index in [-0.39, 0.29) is 12.4 Å². The maximum atomic E-state index is 5.35. The number of fused-ring (bicyclic) bond motifs is 1. The van der Waals surface area contributed by atoms with Crippen LogP contribution in [0.5, 0.6) is 0 Å². The van der Waals surface area contributed by atoms with E-state index < -0.39 is 0 Å². The first-order chi connectivity index (χ1) is 10.8. The number of aryl methyl sites for hydroxylation is 1. The van der Waals surface area contributed by atoms with E-state index in [9.17, 15) is 0 Å². The third kappa shape index (κ3) is 2.95. The van der Waals surface area contributed by atoms with Gasteiger partial charge in [-0.15, -0.1) is 12.4 Å². The van der Waals surface area contributed by atoms with Crippen molar-refractivity contribution < 1.29 is 4.52 Å². The van der Waals surface area contributed by atoms with Crippen LogP contribution < -0.4 is 5.32 Å². The number of pyridine rings is 1. The molecule has 9 heteroatoms. The van der Waals surface area contributed by atoms with E-state index >= 15 is 0 Å². The van der Waals surface area contributed by atoms with Gasteiger partial charge in [0.1, 0.15) is 19.2 Å². The highest BCUT2D eigenvalue weighted by atomic mass is 35.5. The molecule has 0 aliphatic carbocycles. The zero-order valence-corrected chi connectivity index (χ0v) is 13.4. The summed E-state index contributed by atoms with van der Waals surface area (Å²) in [5.74, 6) is 1.10. The van der Waals surface area contributed by atoms with E-state index in [1.165, 1.54) is 17.5 Å². The quantitative estimate of drug-likeness (QED) is 0.768. The molecule has 1 aliphatic rings. The second-order valence-electron chi connectivity index (χ2n) is 5.25. The molecule has 3 aromatic rings. The normalized spacial score (nSPS) is 13.4. The van der Waals surface area contributed by atoms with Gasteiger partial charge in [0.15, 0.2) is 0 Å². The number of nitrogens with one attached hydrogen (secondary N) is 1.